The minimum atomic E-state index is 1.15. The lowest BCUT2D eigenvalue weighted by atomic mass is 9.94. The molecule has 1 aromatic carbocycles. The number of hydrogen-bond donors (Lipinski definition) is 0. The molecule has 0 atom stereocenters. The highest BCUT2D eigenvalue weighted by Crippen LogP contribution is 2.13. The van der Waals surface area contributed by atoms with Crippen molar-refractivity contribution in [3.63, 3.8) is 0 Å². The summed E-state index contributed by atoms with van der Waals surface area (Å²) in [6, 6.07) is 8.43. The van der Waals surface area contributed by atoms with E-state index in [0.717, 1.165) is 5.35 Å². The van der Waals surface area contributed by atoms with Gasteiger partial charge in [0.1, 0.15) is 6.72 Å². The lowest BCUT2D eigenvalue weighted by molar-refractivity contribution is -0.510. The van der Waals surface area contributed by atoms with Crippen molar-refractivity contribution < 1.29 is 4.24 Å². The van der Waals surface area contributed by atoms with Crippen molar-refractivity contribution in [3.8, 4) is 0 Å². The molecule has 0 amide bonds. The highest BCUT2D eigenvalue weighted by atomic mass is 14.8. The van der Waals surface area contributed by atoms with Gasteiger partial charge in [0, 0.05) is 17.4 Å². The molecule has 0 spiro atoms. The van der Waals surface area contributed by atoms with Gasteiger partial charge in [0.15, 0.2) is 6.20 Å². The first-order valence-corrected chi connectivity index (χ1v) is 6.49. The molecule has 0 bridgehead atoms. The summed E-state index contributed by atoms with van der Waals surface area (Å²) < 4.78 is 1.93. The Balaban J connectivity index is 2.59. The maximum atomic E-state index is 4.06. The molecule has 1 aliphatic rings. The highest BCUT2D eigenvalue weighted by Gasteiger charge is 2.02. The molecule has 1 aliphatic carbocycles. The second-order valence-corrected chi connectivity index (χ2v) is 4.97. The van der Waals surface area contributed by atoms with Crippen molar-refractivity contribution in [2.24, 2.45) is 0 Å². The molecule has 0 unspecified atom stereocenters. The molecule has 0 radical (unpaired) electrons. The number of benzene rings is 1. The van der Waals surface area contributed by atoms with Gasteiger partial charge in [0.05, 0.1) is 0 Å². The summed E-state index contributed by atoms with van der Waals surface area (Å²) in [5.41, 5.74) is 3.94. The van der Waals surface area contributed by atoms with Gasteiger partial charge in [-0.05, 0) is 13.0 Å². The lowest BCUT2D eigenvalue weighted by Gasteiger charge is -2.18. The first-order valence-electron chi connectivity index (χ1n) is 6.49. The van der Waals surface area contributed by atoms with Gasteiger partial charge >= 0.3 is 0 Å². The Kier molecular flexibility index (Phi) is 2.75. The maximum Gasteiger partial charge on any atom is 0.208 e. The molecule has 1 aromatic heterocycles. The third-order valence-corrected chi connectivity index (χ3v) is 3.74. The van der Waals surface area contributed by atoms with Gasteiger partial charge in [0.25, 0.3) is 0 Å². The van der Waals surface area contributed by atoms with Crippen LogP contribution in [-0.4, -0.2) is 0 Å². The van der Waals surface area contributed by atoms with E-state index in [4.69, 9.17) is 0 Å². The van der Waals surface area contributed by atoms with Crippen LogP contribution < -0.4 is 9.46 Å². The predicted molar refractivity (Wildman–Crippen MR) is 77.6 cm³/mol. The predicted octanol–water partition coefficient (Wildman–Crippen LogP) is 2.42. The van der Waals surface area contributed by atoms with E-state index >= 15 is 0 Å². The van der Waals surface area contributed by atoms with Crippen LogP contribution in [0.3, 0.4) is 0 Å². The molecule has 0 saturated heterocycles. The third kappa shape index (κ3) is 1.88. The van der Waals surface area contributed by atoms with Crippen LogP contribution in [0, 0.1) is 37.6 Å². The summed E-state index contributed by atoms with van der Waals surface area (Å²) in [5.74, 6) is 0. The number of nitrogens with zero attached hydrogens (tertiary/aromatic N) is 1. The first kappa shape index (κ1) is 11.8. The van der Waals surface area contributed by atoms with Gasteiger partial charge in [-0.1, -0.05) is 18.6 Å². The van der Waals surface area contributed by atoms with E-state index in [9.17, 15) is 0 Å². The monoisotopic (exact) mass is 247 g/mol. The normalized spacial score (nSPS) is 14.4. The summed E-state index contributed by atoms with van der Waals surface area (Å²) in [5, 5.41) is 3.73. The SMILES string of the molecule is C=[n+]1ccccc1=c1cc(C)c2c(c1C)[CH-]C=CC=2. The first-order chi connectivity index (χ1) is 9.18. The van der Waals surface area contributed by atoms with Crippen LogP contribution in [0.15, 0.2) is 42.6 Å². The summed E-state index contributed by atoms with van der Waals surface area (Å²) >= 11 is 0. The molecular formula is C18H17N. The molecule has 0 saturated carbocycles. The molecule has 1 nitrogen and oxygen atoms in total. The van der Waals surface area contributed by atoms with Crippen molar-refractivity contribution in [1.29, 1.82) is 0 Å². The number of rotatable bonds is 0. The fourth-order valence-electron chi connectivity index (χ4n) is 2.69. The van der Waals surface area contributed by atoms with Gasteiger partial charge in [-0.15, -0.1) is 41.0 Å². The second-order valence-electron chi connectivity index (χ2n) is 4.97. The van der Waals surface area contributed by atoms with Crippen LogP contribution >= 0.6 is 0 Å². The Morgan fingerprint density at radius 1 is 1.21 bits per heavy atom. The van der Waals surface area contributed by atoms with Gasteiger partial charge in [-0.3, -0.25) is 0 Å². The highest BCUT2D eigenvalue weighted by molar-refractivity contribution is 5.54. The zero-order valence-electron chi connectivity index (χ0n) is 11.4. The van der Waals surface area contributed by atoms with E-state index in [1.807, 2.05) is 16.5 Å². The summed E-state index contributed by atoms with van der Waals surface area (Å²) in [6.45, 7) is 8.42. The molecule has 19 heavy (non-hydrogen) atoms. The van der Waals surface area contributed by atoms with E-state index in [1.165, 1.54) is 27.1 Å². The Morgan fingerprint density at radius 2 is 2.05 bits per heavy atom. The minimum absolute atomic E-state index is 1.15. The number of hydrogen-bond acceptors (Lipinski definition) is 0. The Bertz CT molecular complexity index is 873. The smallest absolute Gasteiger partial charge is 0.174 e. The quantitative estimate of drug-likeness (QED) is 0.498. The number of fused-ring (bicyclic) bond motifs is 1. The van der Waals surface area contributed by atoms with Crippen LogP contribution in [0.5, 0.6) is 0 Å². The fourth-order valence-corrected chi connectivity index (χ4v) is 2.69. The zero-order valence-corrected chi connectivity index (χ0v) is 11.4. The second kappa shape index (κ2) is 4.43. The van der Waals surface area contributed by atoms with Gasteiger partial charge in [-0.2, -0.15) is 4.24 Å². The van der Waals surface area contributed by atoms with Crippen molar-refractivity contribution in [3.05, 3.63) is 88.2 Å². The number of pyridine rings is 1. The molecule has 0 N–H and O–H groups in total. The van der Waals surface area contributed by atoms with E-state index < -0.39 is 0 Å². The van der Waals surface area contributed by atoms with Crippen LogP contribution in [0.1, 0.15) is 16.7 Å². The average molecular weight is 247 g/mol. The molecular weight excluding hydrogens is 230 g/mol. The van der Waals surface area contributed by atoms with Crippen LogP contribution in [-0.2, 0) is 0 Å². The van der Waals surface area contributed by atoms with Crippen molar-refractivity contribution >= 4 is 6.08 Å². The van der Waals surface area contributed by atoms with Crippen LogP contribution in [0.4, 0.5) is 0 Å². The number of aryl methyl sites for hydroxylation is 1. The van der Waals surface area contributed by atoms with E-state index in [0.29, 0.717) is 0 Å². The lowest BCUT2D eigenvalue weighted by Crippen LogP contribution is -2.19. The molecule has 94 valence electrons. The zero-order chi connectivity index (χ0) is 13.4. The van der Waals surface area contributed by atoms with Crippen LogP contribution in [0.25, 0.3) is 6.08 Å². The van der Waals surface area contributed by atoms with Crippen molar-refractivity contribution in [2.75, 3.05) is 0 Å². The van der Waals surface area contributed by atoms with Gasteiger partial charge < -0.3 is 0 Å². The largest absolute Gasteiger partial charge is 0.208 e. The molecule has 3 rings (SSSR count). The Labute approximate surface area is 113 Å². The Morgan fingerprint density at radius 3 is 2.84 bits per heavy atom. The maximum absolute atomic E-state index is 4.06. The molecule has 1 heteroatoms. The number of allylic oxidation sites excluding steroid dienone is 2. The van der Waals surface area contributed by atoms with Crippen molar-refractivity contribution in [1.82, 2.24) is 0 Å². The standard InChI is InChI=1S/C18H17N/c1-13-12-17(18-10-6-7-11-19(18)3)14(2)16-9-5-4-8-15(13)16/h4-12H,3H2,1-2H3. The minimum Gasteiger partial charge on any atom is -0.174 e. The molecule has 0 fully saturated rings. The van der Waals surface area contributed by atoms with E-state index in [1.54, 1.807) is 0 Å². The fraction of sp³-hybridized carbons (Fsp3) is 0.111. The van der Waals surface area contributed by atoms with E-state index in [2.05, 4.69) is 63.4 Å². The third-order valence-electron chi connectivity index (χ3n) is 3.74. The summed E-state index contributed by atoms with van der Waals surface area (Å²) in [4.78, 5) is 0. The van der Waals surface area contributed by atoms with Gasteiger partial charge in [0.2, 0.25) is 5.35 Å². The Hall–Kier alpha value is -2.28. The molecule has 1 heterocycles. The van der Waals surface area contributed by atoms with Gasteiger partial charge in [-0.25, -0.2) is 0 Å². The number of aromatic nitrogens is 1. The summed E-state index contributed by atoms with van der Waals surface area (Å²) in [6.07, 6.45) is 10.6. The average Bonchev–Trinajstić information content (AvgIpc) is 2.44. The molecule has 2 aromatic rings. The topological polar surface area (TPSA) is 5.90 Å². The van der Waals surface area contributed by atoms with E-state index in [-0.39, 0.29) is 0 Å². The van der Waals surface area contributed by atoms with Crippen LogP contribution in [0.2, 0.25) is 0 Å². The van der Waals surface area contributed by atoms with Crippen molar-refractivity contribution in [2.45, 2.75) is 13.8 Å². The molecule has 0 aliphatic heterocycles. The summed E-state index contributed by atoms with van der Waals surface area (Å²) in [7, 11) is 0.